The molecule has 3 N–H and O–H groups in total. The molecule has 0 amide bonds. The number of para-hydroxylation sites is 2. The lowest BCUT2D eigenvalue weighted by Crippen LogP contribution is -2.54. The van der Waals surface area contributed by atoms with Gasteiger partial charge in [-0.25, -0.2) is 0 Å². The van der Waals surface area contributed by atoms with Gasteiger partial charge in [-0.15, -0.1) is 23.1 Å². The Labute approximate surface area is 303 Å². The van der Waals surface area contributed by atoms with Gasteiger partial charge >= 0.3 is 0 Å². The number of allylic oxidation sites excluding steroid dienone is 3. The summed E-state index contributed by atoms with van der Waals surface area (Å²) < 4.78 is 9.67. The average molecular weight is 696 g/mol. The number of furan rings is 1. The minimum absolute atomic E-state index is 0.0853. The van der Waals surface area contributed by atoms with Crippen molar-refractivity contribution >= 4 is 65.2 Å². The first kappa shape index (κ1) is 29.7. The lowest BCUT2D eigenvalue weighted by atomic mass is 9.90. The highest BCUT2D eigenvalue weighted by Crippen LogP contribution is 2.53. The van der Waals surface area contributed by atoms with E-state index in [0.29, 0.717) is 11.2 Å². The predicted octanol–water partition coefficient (Wildman–Crippen LogP) is 11.5. The molecule has 8 aromatic rings. The van der Waals surface area contributed by atoms with Crippen LogP contribution in [0, 0.1) is 0 Å². The van der Waals surface area contributed by atoms with Crippen molar-refractivity contribution in [3.05, 3.63) is 174 Å². The number of thiophene rings is 1. The third kappa shape index (κ3) is 4.72. The molecule has 1 saturated heterocycles. The largest absolute Gasteiger partial charge is 0.455 e. The molecule has 0 radical (unpaired) electrons. The zero-order chi connectivity index (χ0) is 33.5. The number of nitrogens with one attached hydrogen (secondary N) is 3. The van der Waals surface area contributed by atoms with E-state index >= 15 is 0 Å². The van der Waals surface area contributed by atoms with Crippen LogP contribution in [-0.2, 0) is 0 Å². The SMILES string of the molecule is C1=CC2Sc3c(-c4cccc5c4oc4c(C6NC(c7ccccc7)NC(c7cccc8c7sc7ccccc78)N6)cccc45)cccc3C2C=C1. The molecule has 11 rings (SSSR count). The quantitative estimate of drug-likeness (QED) is 0.171. The zero-order valence-electron chi connectivity index (χ0n) is 27.5. The second-order valence-corrected chi connectivity index (χ2v) is 15.9. The van der Waals surface area contributed by atoms with Gasteiger partial charge < -0.3 is 4.42 Å². The molecule has 1 aliphatic carbocycles. The molecular weight excluding hydrogens is 663 g/mol. The van der Waals surface area contributed by atoms with E-state index in [-0.39, 0.29) is 18.5 Å². The predicted molar refractivity (Wildman–Crippen MR) is 213 cm³/mol. The van der Waals surface area contributed by atoms with Gasteiger partial charge in [0.05, 0.1) is 18.5 Å². The summed E-state index contributed by atoms with van der Waals surface area (Å²) in [6, 6.07) is 46.1. The van der Waals surface area contributed by atoms with Gasteiger partial charge in [0, 0.05) is 63.7 Å². The summed E-state index contributed by atoms with van der Waals surface area (Å²) in [4.78, 5) is 1.36. The van der Waals surface area contributed by atoms with E-state index in [1.165, 1.54) is 47.3 Å². The van der Waals surface area contributed by atoms with Crippen LogP contribution in [0.5, 0.6) is 0 Å². The summed E-state index contributed by atoms with van der Waals surface area (Å²) in [6.07, 6.45) is 8.67. The second kappa shape index (κ2) is 11.8. The summed E-state index contributed by atoms with van der Waals surface area (Å²) in [7, 11) is 0. The molecular formula is C45H33N3OS2. The third-order valence-corrected chi connectivity index (χ3v) is 13.4. The summed E-state index contributed by atoms with van der Waals surface area (Å²) in [5.74, 6) is 0.414. The standard InChI is InChI=1S/C45H33N3OS2/c1-2-12-26(13-3-1)43-46-44(48-45(47-43)36-23-11-20-33-28-15-5-7-25-38(28)51-42(33)36)35-22-9-17-30-29-16-8-18-31(39(29)49-40(30)35)34-21-10-19-32-27-14-4-6-24-37(27)50-41(32)34/h1-25,27,37,43-48H. The summed E-state index contributed by atoms with van der Waals surface area (Å²) in [5.41, 5.74) is 9.20. The Morgan fingerprint density at radius 2 is 1.14 bits per heavy atom. The molecule has 246 valence electrons. The number of fused-ring (bicyclic) bond motifs is 9. The van der Waals surface area contributed by atoms with Gasteiger partial charge in [0.1, 0.15) is 11.2 Å². The van der Waals surface area contributed by atoms with Crippen molar-refractivity contribution in [3.63, 3.8) is 0 Å². The Hall–Kier alpha value is -4.95. The highest BCUT2D eigenvalue weighted by atomic mass is 32.2. The van der Waals surface area contributed by atoms with Crippen molar-refractivity contribution in [3.8, 4) is 11.1 Å². The van der Waals surface area contributed by atoms with Crippen LogP contribution >= 0.6 is 23.1 Å². The molecule has 4 nitrogen and oxygen atoms in total. The second-order valence-electron chi connectivity index (χ2n) is 13.6. The Balaban J connectivity index is 1.05. The van der Waals surface area contributed by atoms with Gasteiger partial charge in [0.25, 0.3) is 0 Å². The van der Waals surface area contributed by atoms with E-state index in [4.69, 9.17) is 4.42 Å². The number of benzene rings is 6. The maximum atomic E-state index is 7.06. The first-order valence-electron chi connectivity index (χ1n) is 17.6. The molecule has 2 aromatic heterocycles. The molecule has 0 bridgehead atoms. The lowest BCUT2D eigenvalue weighted by Gasteiger charge is -2.39. The Morgan fingerprint density at radius 3 is 2.04 bits per heavy atom. The monoisotopic (exact) mass is 695 g/mol. The molecule has 4 heterocycles. The number of thioether (sulfide) groups is 1. The highest BCUT2D eigenvalue weighted by Gasteiger charge is 2.35. The van der Waals surface area contributed by atoms with Gasteiger partial charge in [0.2, 0.25) is 0 Å². The van der Waals surface area contributed by atoms with Gasteiger partial charge in [-0.05, 0) is 22.8 Å². The fraction of sp³-hybridized carbons (Fsp3) is 0.111. The molecule has 5 atom stereocenters. The summed E-state index contributed by atoms with van der Waals surface area (Å²) in [6.45, 7) is 0. The molecule has 1 fully saturated rings. The van der Waals surface area contributed by atoms with Crippen LogP contribution in [0.15, 0.2) is 161 Å². The van der Waals surface area contributed by atoms with Crippen LogP contribution in [0.3, 0.4) is 0 Å². The average Bonchev–Trinajstić information content (AvgIpc) is 3.89. The summed E-state index contributed by atoms with van der Waals surface area (Å²) in [5, 5.41) is 17.1. The molecule has 6 aromatic carbocycles. The highest BCUT2D eigenvalue weighted by molar-refractivity contribution is 8.00. The maximum absolute atomic E-state index is 7.06. The fourth-order valence-corrected chi connectivity index (χ4v) is 11.1. The molecule has 3 aliphatic rings. The fourth-order valence-electron chi connectivity index (χ4n) is 8.40. The van der Waals surface area contributed by atoms with Crippen molar-refractivity contribution in [1.29, 1.82) is 0 Å². The van der Waals surface area contributed by atoms with Crippen molar-refractivity contribution < 1.29 is 4.42 Å². The first-order chi connectivity index (χ1) is 25.3. The van der Waals surface area contributed by atoms with Gasteiger partial charge in [-0.1, -0.05) is 146 Å². The Kier molecular flexibility index (Phi) is 6.89. The first-order valence-corrected chi connectivity index (χ1v) is 19.3. The zero-order valence-corrected chi connectivity index (χ0v) is 29.2. The molecule has 51 heavy (non-hydrogen) atoms. The van der Waals surface area contributed by atoms with Crippen LogP contribution in [0.25, 0.3) is 53.2 Å². The topological polar surface area (TPSA) is 49.2 Å². The minimum Gasteiger partial charge on any atom is -0.455 e. The van der Waals surface area contributed by atoms with Gasteiger partial charge in [0.15, 0.2) is 0 Å². The number of hydrogen-bond donors (Lipinski definition) is 3. The van der Waals surface area contributed by atoms with Crippen LogP contribution < -0.4 is 16.0 Å². The van der Waals surface area contributed by atoms with Crippen LogP contribution in [0.1, 0.15) is 46.7 Å². The molecule has 5 unspecified atom stereocenters. The van der Waals surface area contributed by atoms with E-state index < -0.39 is 0 Å². The maximum Gasteiger partial charge on any atom is 0.143 e. The van der Waals surface area contributed by atoms with Crippen molar-refractivity contribution in [2.24, 2.45) is 0 Å². The van der Waals surface area contributed by atoms with E-state index in [1.807, 2.05) is 23.1 Å². The van der Waals surface area contributed by atoms with Crippen molar-refractivity contribution in [2.45, 2.75) is 34.6 Å². The molecule has 0 spiro atoms. The van der Waals surface area contributed by atoms with Gasteiger partial charge in [-0.3, -0.25) is 16.0 Å². The van der Waals surface area contributed by atoms with Crippen LogP contribution in [-0.4, -0.2) is 5.25 Å². The van der Waals surface area contributed by atoms with Crippen molar-refractivity contribution in [2.75, 3.05) is 0 Å². The molecule has 0 saturated carbocycles. The Morgan fingerprint density at radius 1 is 0.490 bits per heavy atom. The smallest absolute Gasteiger partial charge is 0.143 e. The summed E-state index contributed by atoms with van der Waals surface area (Å²) >= 11 is 3.84. The lowest BCUT2D eigenvalue weighted by molar-refractivity contribution is 0.204. The normalized spacial score (nSPS) is 22.6. The van der Waals surface area contributed by atoms with E-state index in [1.54, 1.807) is 0 Å². The van der Waals surface area contributed by atoms with Crippen LogP contribution in [0.2, 0.25) is 0 Å². The van der Waals surface area contributed by atoms with E-state index in [2.05, 4.69) is 168 Å². The number of rotatable bonds is 4. The van der Waals surface area contributed by atoms with Crippen LogP contribution in [0.4, 0.5) is 0 Å². The minimum atomic E-state index is -0.183. The molecule has 6 heteroatoms. The molecule has 2 aliphatic heterocycles. The van der Waals surface area contributed by atoms with Crippen molar-refractivity contribution in [1.82, 2.24) is 16.0 Å². The van der Waals surface area contributed by atoms with Gasteiger partial charge in [-0.2, -0.15) is 0 Å². The van der Waals surface area contributed by atoms with E-state index in [0.717, 1.165) is 33.1 Å². The Bertz CT molecular complexity index is 2710. The third-order valence-electron chi connectivity index (χ3n) is 10.8. The van der Waals surface area contributed by atoms with E-state index in [9.17, 15) is 0 Å². The number of hydrogen-bond acceptors (Lipinski definition) is 6.